The zero-order valence-electron chi connectivity index (χ0n) is 14.4. The molecule has 0 saturated carbocycles. The molecule has 2 aromatic rings. The number of carbonyl (C=O) groups is 1. The maximum absolute atomic E-state index is 14.4. The molecule has 2 aromatic carbocycles. The van der Waals surface area contributed by atoms with E-state index in [1.165, 1.54) is 17.0 Å². The Balaban J connectivity index is 1.61. The first-order valence-electron chi connectivity index (χ1n) is 8.72. The molecule has 8 heteroatoms. The van der Waals surface area contributed by atoms with E-state index in [2.05, 4.69) is 4.90 Å². The highest BCUT2D eigenvalue weighted by Gasteiger charge is 2.39. The summed E-state index contributed by atoms with van der Waals surface area (Å²) in [5.74, 6) is -0.829. The normalized spacial score (nSPS) is 20.7. The Morgan fingerprint density at radius 2 is 1.93 bits per heavy atom. The van der Waals surface area contributed by atoms with Crippen LogP contribution in [0.15, 0.2) is 41.3 Å². The van der Waals surface area contributed by atoms with Gasteiger partial charge in [0, 0.05) is 23.8 Å². The number of fused-ring (bicyclic) bond motifs is 1. The average Bonchev–Trinajstić information content (AvgIpc) is 3.02. The minimum Gasteiger partial charge on any atom is -0.359 e. The topological polar surface area (TPSA) is 60.9 Å². The van der Waals surface area contributed by atoms with E-state index in [9.17, 15) is 13.4 Å². The fraction of sp³-hybridized carbons (Fsp3) is 0.316. The number of nitrogens with zero attached hydrogens (tertiary/aromatic N) is 2. The Labute approximate surface area is 164 Å². The first-order valence-corrected chi connectivity index (χ1v) is 10.2. The molecule has 142 valence electrons. The Morgan fingerprint density at radius 3 is 2.67 bits per heavy atom. The second-order valence-electron chi connectivity index (χ2n) is 6.73. The van der Waals surface area contributed by atoms with Gasteiger partial charge in [0.05, 0.1) is 10.6 Å². The first-order chi connectivity index (χ1) is 13.0. The highest BCUT2D eigenvalue weighted by atomic mass is 35.5. The largest absolute Gasteiger partial charge is 0.359 e. The standard InChI is InChI=1S/C19H18ClFN2O3S/c20-13-3-5-16-12(10-13)2-1-8-22(16)18-7-9-23(19(18)24)17-6-4-14(27(25)26)11-15(17)21/h3-6,10-11,18H,1-2,7-9H2,(H,25,26)/t18-/m0/s1. The predicted molar refractivity (Wildman–Crippen MR) is 103 cm³/mol. The van der Waals surface area contributed by atoms with E-state index in [1.807, 2.05) is 18.2 Å². The van der Waals surface area contributed by atoms with Gasteiger partial charge in [-0.3, -0.25) is 4.79 Å². The number of carbonyl (C=O) groups excluding carboxylic acids is 1. The van der Waals surface area contributed by atoms with Gasteiger partial charge in [-0.25, -0.2) is 8.60 Å². The van der Waals surface area contributed by atoms with Gasteiger partial charge in [0.2, 0.25) is 5.91 Å². The number of halogens is 2. The lowest BCUT2D eigenvalue weighted by Crippen LogP contribution is -2.44. The van der Waals surface area contributed by atoms with Crippen molar-refractivity contribution in [2.24, 2.45) is 0 Å². The van der Waals surface area contributed by atoms with E-state index in [4.69, 9.17) is 16.2 Å². The third kappa shape index (κ3) is 3.35. The van der Waals surface area contributed by atoms with Crippen LogP contribution in [0.5, 0.6) is 0 Å². The van der Waals surface area contributed by atoms with Crippen LogP contribution >= 0.6 is 11.6 Å². The van der Waals surface area contributed by atoms with Crippen molar-refractivity contribution in [3.63, 3.8) is 0 Å². The van der Waals surface area contributed by atoms with Gasteiger partial charge < -0.3 is 14.4 Å². The molecule has 0 bridgehead atoms. The molecule has 27 heavy (non-hydrogen) atoms. The molecule has 4 rings (SSSR count). The molecule has 1 N–H and O–H groups in total. The summed E-state index contributed by atoms with van der Waals surface area (Å²) in [5, 5.41) is 0.679. The molecule has 1 unspecified atom stereocenters. The summed E-state index contributed by atoms with van der Waals surface area (Å²) < 4.78 is 34.6. The molecule has 5 nitrogen and oxygen atoms in total. The number of hydrogen-bond acceptors (Lipinski definition) is 3. The van der Waals surface area contributed by atoms with Crippen molar-refractivity contribution in [2.45, 2.75) is 30.2 Å². The summed E-state index contributed by atoms with van der Waals surface area (Å²) in [6.07, 6.45) is 2.45. The number of hydrogen-bond donors (Lipinski definition) is 1. The third-order valence-corrected chi connectivity index (χ3v) is 6.05. The molecule has 0 aliphatic carbocycles. The second kappa shape index (κ2) is 7.22. The fourth-order valence-electron chi connectivity index (χ4n) is 3.93. The highest BCUT2D eigenvalue weighted by Crippen LogP contribution is 2.35. The molecule has 1 saturated heterocycles. The van der Waals surface area contributed by atoms with E-state index < -0.39 is 16.9 Å². The van der Waals surface area contributed by atoms with Crippen LogP contribution in [0.2, 0.25) is 5.02 Å². The molecule has 0 spiro atoms. The third-order valence-electron chi connectivity index (χ3n) is 5.16. The minimum absolute atomic E-state index is 0.0266. The van der Waals surface area contributed by atoms with E-state index in [-0.39, 0.29) is 22.5 Å². The molecule has 0 radical (unpaired) electrons. The van der Waals surface area contributed by atoms with Gasteiger partial charge >= 0.3 is 0 Å². The Hall–Kier alpha value is -1.96. The van der Waals surface area contributed by atoms with Gasteiger partial charge in [0.25, 0.3) is 0 Å². The molecule has 2 atom stereocenters. The van der Waals surface area contributed by atoms with Crippen molar-refractivity contribution < 1.29 is 17.9 Å². The van der Waals surface area contributed by atoms with Crippen LogP contribution in [-0.2, 0) is 22.3 Å². The highest BCUT2D eigenvalue weighted by molar-refractivity contribution is 7.79. The van der Waals surface area contributed by atoms with E-state index in [1.54, 1.807) is 0 Å². The van der Waals surface area contributed by atoms with Crippen LogP contribution in [0.4, 0.5) is 15.8 Å². The van der Waals surface area contributed by atoms with E-state index in [0.29, 0.717) is 18.0 Å². The lowest BCUT2D eigenvalue weighted by atomic mass is 9.99. The van der Waals surface area contributed by atoms with E-state index in [0.717, 1.165) is 36.7 Å². The number of rotatable bonds is 3. The van der Waals surface area contributed by atoms with Crippen LogP contribution in [0.3, 0.4) is 0 Å². The van der Waals surface area contributed by atoms with Crippen LogP contribution in [0.1, 0.15) is 18.4 Å². The van der Waals surface area contributed by atoms with Crippen molar-refractivity contribution in [3.05, 3.63) is 52.8 Å². The molecule has 1 amide bonds. The van der Waals surface area contributed by atoms with Gasteiger partial charge in [-0.2, -0.15) is 0 Å². The van der Waals surface area contributed by atoms with Gasteiger partial charge in [0.15, 0.2) is 11.1 Å². The van der Waals surface area contributed by atoms with Gasteiger partial charge in [0.1, 0.15) is 11.9 Å². The van der Waals surface area contributed by atoms with E-state index >= 15 is 0 Å². The summed E-state index contributed by atoms with van der Waals surface area (Å²) in [4.78, 5) is 16.5. The number of aryl methyl sites for hydroxylation is 1. The van der Waals surface area contributed by atoms with Gasteiger partial charge in [-0.05, 0) is 61.2 Å². The lowest BCUT2D eigenvalue weighted by Gasteiger charge is -2.35. The van der Waals surface area contributed by atoms with Crippen LogP contribution in [0.25, 0.3) is 0 Å². The summed E-state index contributed by atoms with van der Waals surface area (Å²) in [5.41, 5.74) is 2.28. The number of anilines is 2. The van der Waals surface area contributed by atoms with Crippen LogP contribution < -0.4 is 9.80 Å². The Bertz CT molecular complexity index is 939. The summed E-state index contributed by atoms with van der Waals surface area (Å²) >= 11 is 3.84. The minimum atomic E-state index is -2.26. The molecular formula is C19H18ClFN2O3S. The zero-order valence-corrected chi connectivity index (χ0v) is 16.0. The Morgan fingerprint density at radius 1 is 1.15 bits per heavy atom. The van der Waals surface area contributed by atoms with Crippen molar-refractivity contribution >= 4 is 40.0 Å². The van der Waals surface area contributed by atoms with Crippen molar-refractivity contribution in [1.82, 2.24) is 0 Å². The van der Waals surface area contributed by atoms with Gasteiger partial charge in [-0.15, -0.1) is 0 Å². The van der Waals surface area contributed by atoms with Crippen molar-refractivity contribution in [2.75, 3.05) is 22.9 Å². The molecular weight excluding hydrogens is 391 g/mol. The first kappa shape index (κ1) is 18.4. The summed E-state index contributed by atoms with van der Waals surface area (Å²) in [7, 11) is 0. The molecule has 1 fully saturated rings. The predicted octanol–water partition coefficient (Wildman–Crippen LogP) is 3.62. The summed E-state index contributed by atoms with van der Waals surface area (Å²) in [6, 6.07) is 9.12. The number of amides is 1. The van der Waals surface area contributed by atoms with Crippen molar-refractivity contribution in [3.8, 4) is 0 Å². The molecule has 2 aliphatic rings. The maximum Gasteiger partial charge on any atom is 0.249 e. The molecule has 0 aromatic heterocycles. The second-order valence-corrected chi connectivity index (χ2v) is 8.13. The Kier molecular flexibility index (Phi) is 4.92. The lowest BCUT2D eigenvalue weighted by molar-refractivity contribution is -0.118. The fourth-order valence-corrected chi connectivity index (χ4v) is 4.51. The van der Waals surface area contributed by atoms with Crippen LogP contribution in [-0.4, -0.2) is 33.8 Å². The maximum atomic E-state index is 14.4. The van der Waals surface area contributed by atoms with Crippen molar-refractivity contribution in [1.29, 1.82) is 0 Å². The molecule has 2 aliphatic heterocycles. The monoisotopic (exact) mass is 408 g/mol. The SMILES string of the molecule is O=C1[C@@H](N2CCCc3cc(Cl)ccc32)CCN1c1ccc(S(=O)O)cc1F. The van der Waals surface area contributed by atoms with Gasteiger partial charge in [-0.1, -0.05) is 11.6 Å². The van der Waals surface area contributed by atoms with Crippen LogP contribution in [0, 0.1) is 5.82 Å². The quantitative estimate of drug-likeness (QED) is 0.788. The average molecular weight is 409 g/mol. The smallest absolute Gasteiger partial charge is 0.249 e. The molecule has 2 heterocycles. The summed E-state index contributed by atoms with van der Waals surface area (Å²) in [6.45, 7) is 1.17. The zero-order chi connectivity index (χ0) is 19.1. The number of benzene rings is 2.